The number of hydrogen-bond donors (Lipinski definition) is 0. The van der Waals surface area contributed by atoms with Crippen molar-refractivity contribution in [3.8, 4) is 0 Å². The van der Waals surface area contributed by atoms with Crippen LogP contribution in [0.15, 0.2) is 39.9 Å². The van der Waals surface area contributed by atoms with Gasteiger partial charge in [-0.25, -0.2) is 8.42 Å². The maximum absolute atomic E-state index is 11.6. The van der Waals surface area contributed by atoms with Crippen LogP contribution < -0.4 is 0 Å². The van der Waals surface area contributed by atoms with Crippen molar-refractivity contribution in [3.63, 3.8) is 0 Å². The van der Waals surface area contributed by atoms with Crippen LogP contribution in [-0.4, -0.2) is 13.0 Å². The van der Waals surface area contributed by atoms with Crippen LogP contribution in [0.3, 0.4) is 0 Å². The zero-order valence-electron chi connectivity index (χ0n) is 8.40. The third kappa shape index (κ3) is 1.52. The molecule has 1 aromatic heterocycles. The molecule has 2 rings (SSSR count). The molecule has 1 aromatic carbocycles. The van der Waals surface area contributed by atoms with Crippen molar-refractivity contribution in [3.05, 3.63) is 40.8 Å². The number of nitrogens with zero attached hydrogens (tertiary/aromatic N) is 4. The lowest BCUT2D eigenvalue weighted by Gasteiger charge is -2.00. The maximum Gasteiger partial charge on any atom is 0.279 e. The molecule has 16 heavy (non-hydrogen) atoms. The van der Waals surface area contributed by atoms with Gasteiger partial charge in [0.15, 0.2) is 0 Å². The van der Waals surface area contributed by atoms with Crippen LogP contribution in [0.5, 0.6) is 0 Å². The van der Waals surface area contributed by atoms with Gasteiger partial charge in [-0.3, -0.25) is 0 Å². The first-order chi connectivity index (χ1) is 7.56. The highest BCUT2D eigenvalue weighted by molar-refractivity contribution is 7.90. The fourth-order valence-corrected chi connectivity index (χ4v) is 2.50. The Morgan fingerprint density at radius 2 is 2.06 bits per heavy atom. The summed E-state index contributed by atoms with van der Waals surface area (Å²) < 4.78 is 27.5. The molecule has 0 aliphatic heterocycles. The van der Waals surface area contributed by atoms with Crippen molar-refractivity contribution in [1.29, 1.82) is 0 Å². The Kier molecular flexibility index (Phi) is 2.34. The van der Waals surface area contributed by atoms with Gasteiger partial charge in [-0.1, -0.05) is 18.2 Å². The van der Waals surface area contributed by atoms with E-state index in [1.54, 1.807) is 19.2 Å². The molecule has 0 fully saturated rings. The predicted octanol–water partition coefficient (Wildman–Crippen LogP) is 2.18. The van der Waals surface area contributed by atoms with E-state index in [2.05, 4.69) is 9.43 Å². The summed E-state index contributed by atoms with van der Waals surface area (Å²) in [6.07, 6.45) is 0. The van der Waals surface area contributed by atoms with E-state index in [4.69, 9.17) is 5.53 Å². The Balaban J connectivity index is 2.81. The summed E-state index contributed by atoms with van der Waals surface area (Å²) >= 11 is 0. The monoisotopic (exact) mass is 236 g/mol. The van der Waals surface area contributed by atoms with Gasteiger partial charge in [-0.05, 0) is 17.7 Å². The number of benzene rings is 1. The minimum absolute atomic E-state index is 0.00787. The summed E-state index contributed by atoms with van der Waals surface area (Å²) in [5, 5.41) is 0.781. The van der Waals surface area contributed by atoms with Crippen molar-refractivity contribution < 1.29 is 8.42 Å². The highest BCUT2D eigenvalue weighted by Gasteiger charge is 2.17. The fourth-order valence-electron chi connectivity index (χ4n) is 1.60. The van der Waals surface area contributed by atoms with Crippen LogP contribution in [0.4, 0.5) is 0 Å². The largest absolute Gasteiger partial charge is 0.335 e. The molecule has 0 spiro atoms. The van der Waals surface area contributed by atoms with E-state index in [0.717, 1.165) is 10.9 Å². The highest BCUT2D eigenvalue weighted by atomic mass is 32.2. The summed E-state index contributed by atoms with van der Waals surface area (Å²) in [6, 6.07) is 8.70. The quantitative estimate of drug-likeness (QED) is 0.454. The zero-order chi connectivity index (χ0) is 11.8. The van der Waals surface area contributed by atoms with E-state index in [1.807, 2.05) is 12.1 Å². The Labute approximate surface area is 91.8 Å². The average Bonchev–Trinajstić information content (AvgIpc) is 2.58. The highest BCUT2D eigenvalue weighted by Crippen LogP contribution is 2.23. The topological polar surface area (TPSA) is 87.8 Å². The molecule has 0 N–H and O–H groups in total. The van der Waals surface area contributed by atoms with Crippen molar-refractivity contribution in [2.45, 2.75) is 5.03 Å². The lowest BCUT2D eigenvalue weighted by molar-refractivity contribution is 0.588. The standard InChI is InChI=1S/C9H8N4O2S/c1-13-8-5-3-2-4-7(8)6-9(13)16(14,15)12-11-10/h2-6H,1H3. The van der Waals surface area contributed by atoms with Crippen LogP contribution in [0.1, 0.15) is 0 Å². The number of hydrogen-bond acceptors (Lipinski definition) is 2. The summed E-state index contributed by atoms with van der Waals surface area (Å²) in [5.74, 6) is 0. The van der Waals surface area contributed by atoms with Crippen molar-refractivity contribution in [2.75, 3.05) is 0 Å². The second-order valence-corrected chi connectivity index (χ2v) is 4.78. The number of sulfonamides is 1. The van der Waals surface area contributed by atoms with Crippen molar-refractivity contribution in [1.82, 2.24) is 4.57 Å². The molecule has 0 aliphatic rings. The molecule has 7 heteroatoms. The molecule has 0 saturated heterocycles. The normalized spacial score (nSPS) is 11.3. The molecule has 2 aromatic rings. The molecular formula is C9H8N4O2S. The molecule has 6 nitrogen and oxygen atoms in total. The molecule has 0 atom stereocenters. The molecule has 0 amide bonds. The van der Waals surface area contributed by atoms with Crippen LogP contribution in [0, 0.1) is 0 Å². The van der Waals surface area contributed by atoms with E-state index in [9.17, 15) is 8.42 Å². The number of rotatable bonds is 2. The van der Waals surface area contributed by atoms with Gasteiger partial charge in [0.25, 0.3) is 10.0 Å². The first kappa shape index (κ1) is 10.5. The van der Waals surface area contributed by atoms with Gasteiger partial charge in [0.05, 0.1) is 0 Å². The zero-order valence-corrected chi connectivity index (χ0v) is 9.22. The van der Waals surface area contributed by atoms with E-state index in [1.165, 1.54) is 10.6 Å². The molecule has 0 aliphatic carbocycles. The second kappa shape index (κ2) is 3.55. The predicted molar refractivity (Wildman–Crippen MR) is 59.3 cm³/mol. The van der Waals surface area contributed by atoms with Crippen molar-refractivity contribution in [2.24, 2.45) is 11.6 Å². The van der Waals surface area contributed by atoms with Gasteiger partial charge in [-0.2, -0.15) is 0 Å². The van der Waals surface area contributed by atoms with E-state index < -0.39 is 10.0 Å². The van der Waals surface area contributed by atoms with Crippen LogP contribution in [-0.2, 0) is 17.1 Å². The van der Waals surface area contributed by atoms with Gasteiger partial charge >= 0.3 is 0 Å². The summed E-state index contributed by atoms with van der Waals surface area (Å²) in [7, 11) is -2.32. The summed E-state index contributed by atoms with van der Waals surface area (Å²) in [6.45, 7) is 0. The molecular weight excluding hydrogens is 228 g/mol. The minimum atomic E-state index is -3.93. The molecule has 82 valence electrons. The van der Waals surface area contributed by atoms with Crippen molar-refractivity contribution >= 4 is 20.9 Å². The molecule has 0 bridgehead atoms. The van der Waals surface area contributed by atoms with Gasteiger partial charge in [-0.15, -0.1) is 0 Å². The average molecular weight is 236 g/mol. The number of para-hydroxylation sites is 1. The first-order valence-electron chi connectivity index (χ1n) is 4.42. The van der Waals surface area contributed by atoms with Gasteiger partial charge in [0.1, 0.15) is 5.03 Å². The fraction of sp³-hybridized carbons (Fsp3) is 0.111. The lowest BCUT2D eigenvalue weighted by Crippen LogP contribution is -2.02. The molecule has 1 heterocycles. The number of fused-ring (bicyclic) bond motifs is 1. The van der Waals surface area contributed by atoms with Gasteiger partial charge in [0, 0.05) is 27.4 Å². The molecule has 0 unspecified atom stereocenters. The Bertz CT molecular complexity index is 695. The second-order valence-electron chi connectivity index (χ2n) is 3.25. The minimum Gasteiger partial charge on any atom is -0.335 e. The van der Waals surface area contributed by atoms with Crippen LogP contribution in [0.2, 0.25) is 0 Å². The van der Waals surface area contributed by atoms with E-state index in [-0.39, 0.29) is 5.03 Å². The molecule has 0 radical (unpaired) electrons. The van der Waals surface area contributed by atoms with E-state index >= 15 is 0 Å². The summed E-state index contributed by atoms with van der Waals surface area (Å²) in [5.41, 5.74) is 8.97. The molecule has 0 saturated carbocycles. The number of aryl methyl sites for hydroxylation is 1. The summed E-state index contributed by atoms with van der Waals surface area (Å²) in [4.78, 5) is 2.32. The van der Waals surface area contributed by atoms with Gasteiger partial charge in [0.2, 0.25) is 0 Å². The third-order valence-electron chi connectivity index (χ3n) is 2.32. The smallest absolute Gasteiger partial charge is 0.279 e. The van der Waals surface area contributed by atoms with Gasteiger partial charge < -0.3 is 4.57 Å². The Hall–Kier alpha value is -1.98. The lowest BCUT2D eigenvalue weighted by atomic mass is 10.2. The third-order valence-corrected chi connectivity index (χ3v) is 3.52. The first-order valence-corrected chi connectivity index (χ1v) is 5.86. The van der Waals surface area contributed by atoms with Crippen LogP contribution >= 0.6 is 0 Å². The van der Waals surface area contributed by atoms with Crippen LogP contribution in [0.25, 0.3) is 21.3 Å². The maximum atomic E-state index is 11.6. The Morgan fingerprint density at radius 3 is 2.69 bits per heavy atom. The Morgan fingerprint density at radius 1 is 1.38 bits per heavy atom. The SMILES string of the molecule is Cn1c(S(=O)(=O)N=[N+]=[N-])cc2ccccc21. The number of azide groups is 1. The number of aromatic nitrogens is 1. The van der Waals surface area contributed by atoms with E-state index in [0.29, 0.717) is 0 Å².